The van der Waals surface area contributed by atoms with Crippen LogP contribution in [0.2, 0.25) is 5.02 Å². The van der Waals surface area contributed by atoms with Crippen LogP contribution in [0.15, 0.2) is 48.7 Å². The van der Waals surface area contributed by atoms with Gasteiger partial charge in [0.15, 0.2) is 0 Å². The number of halogens is 4. The maximum Gasteiger partial charge on any atom is 0.419 e. The smallest absolute Gasteiger partial charge is 0.419 e. The fraction of sp³-hybridized carbons (Fsp3) is 0.304. The maximum atomic E-state index is 13.5. The molecule has 2 aromatic carbocycles. The molecular weight excluding hydrogens is 461 g/mol. The number of ether oxygens (including phenoxy) is 1. The molecule has 0 saturated heterocycles. The molecule has 0 bridgehead atoms. The number of unbranched alkanes of at least 4 members (excludes halogenated alkanes) is 2. The van der Waals surface area contributed by atoms with Crippen LogP contribution in [0.3, 0.4) is 0 Å². The van der Waals surface area contributed by atoms with Gasteiger partial charge in [0, 0.05) is 17.1 Å². The van der Waals surface area contributed by atoms with E-state index in [1.165, 1.54) is 12.3 Å². The molecule has 0 atom stereocenters. The number of anilines is 1. The van der Waals surface area contributed by atoms with E-state index in [1.54, 1.807) is 30.3 Å². The summed E-state index contributed by atoms with van der Waals surface area (Å²) in [6.45, 7) is 2.26. The summed E-state index contributed by atoms with van der Waals surface area (Å²) in [6.07, 6.45) is -0.364. The summed E-state index contributed by atoms with van der Waals surface area (Å²) in [6, 6.07) is 10.7. The Labute approximate surface area is 193 Å². The van der Waals surface area contributed by atoms with Gasteiger partial charge in [-0.15, -0.1) is 11.3 Å². The van der Waals surface area contributed by atoms with Crippen molar-refractivity contribution in [3.8, 4) is 5.75 Å². The van der Waals surface area contributed by atoms with Crippen molar-refractivity contribution in [2.45, 2.75) is 38.8 Å². The Balaban J connectivity index is 1.69. The monoisotopic (exact) mass is 482 g/mol. The Morgan fingerprint density at radius 1 is 1.16 bits per heavy atom. The zero-order valence-corrected chi connectivity index (χ0v) is 18.9. The molecule has 0 fully saturated rings. The summed E-state index contributed by atoms with van der Waals surface area (Å²) in [7, 11) is 0. The third-order valence-electron chi connectivity index (χ3n) is 4.59. The maximum absolute atomic E-state index is 13.5. The van der Waals surface area contributed by atoms with E-state index in [0.717, 1.165) is 30.2 Å². The minimum atomic E-state index is -4.53. The molecule has 0 spiro atoms. The molecule has 170 valence electrons. The fourth-order valence-corrected chi connectivity index (χ4v) is 3.94. The number of aromatic nitrogens is 1. The van der Waals surface area contributed by atoms with Gasteiger partial charge in [-0.05, 0) is 48.4 Å². The highest BCUT2D eigenvalue weighted by molar-refractivity contribution is 7.13. The van der Waals surface area contributed by atoms with Gasteiger partial charge < -0.3 is 10.1 Å². The quantitative estimate of drug-likeness (QED) is 0.327. The minimum absolute atomic E-state index is 0.167. The van der Waals surface area contributed by atoms with E-state index in [4.69, 9.17) is 16.3 Å². The minimum Gasteiger partial charge on any atom is -0.493 e. The lowest BCUT2D eigenvalue weighted by Crippen LogP contribution is -2.10. The zero-order valence-electron chi connectivity index (χ0n) is 17.3. The van der Waals surface area contributed by atoms with E-state index in [1.807, 2.05) is 6.92 Å². The second kappa shape index (κ2) is 10.8. The Bertz CT molecular complexity index is 1050. The van der Waals surface area contributed by atoms with E-state index in [9.17, 15) is 18.0 Å². The van der Waals surface area contributed by atoms with Crippen LogP contribution in [0.1, 0.15) is 52.0 Å². The lowest BCUT2D eigenvalue weighted by atomic mass is 10.1. The zero-order chi connectivity index (χ0) is 23.1. The molecule has 3 aromatic rings. The van der Waals surface area contributed by atoms with Crippen LogP contribution < -0.4 is 10.1 Å². The molecule has 0 aliphatic heterocycles. The predicted octanol–water partition coefficient (Wildman–Crippen LogP) is 7.23. The van der Waals surface area contributed by atoms with Gasteiger partial charge in [-0.2, -0.15) is 13.2 Å². The molecular formula is C23H22ClF3N2O2S. The average Bonchev–Trinajstić information content (AvgIpc) is 3.21. The first-order valence-electron chi connectivity index (χ1n) is 10.1. The number of amides is 1. The standard InChI is InChI=1S/C23H22ClF3N2O2S/c1-2-3-4-11-31-19-10-5-15(12-18(19)23(25,26)27)13-21-28-14-20(32-21)22(30)29-17-8-6-16(24)7-9-17/h5-10,12,14H,2-4,11,13H2,1H3,(H,29,30). The number of alkyl halides is 3. The topological polar surface area (TPSA) is 51.2 Å². The highest BCUT2D eigenvalue weighted by Crippen LogP contribution is 2.37. The van der Waals surface area contributed by atoms with Crippen molar-refractivity contribution in [3.63, 3.8) is 0 Å². The Kier molecular flexibility index (Phi) is 8.15. The molecule has 0 aliphatic carbocycles. The van der Waals surface area contributed by atoms with E-state index < -0.39 is 11.7 Å². The summed E-state index contributed by atoms with van der Waals surface area (Å²) in [5.41, 5.74) is 0.222. The largest absolute Gasteiger partial charge is 0.493 e. The number of hydrogen-bond acceptors (Lipinski definition) is 4. The molecule has 0 unspecified atom stereocenters. The lowest BCUT2D eigenvalue weighted by molar-refractivity contribution is -0.139. The van der Waals surface area contributed by atoms with E-state index in [2.05, 4.69) is 10.3 Å². The van der Waals surface area contributed by atoms with Crippen LogP contribution in [0.5, 0.6) is 5.75 Å². The van der Waals surface area contributed by atoms with Gasteiger partial charge in [0.2, 0.25) is 0 Å². The number of nitrogens with zero attached hydrogens (tertiary/aromatic N) is 1. The summed E-state index contributed by atoms with van der Waals surface area (Å²) < 4.78 is 46.0. The van der Waals surface area contributed by atoms with E-state index in [-0.39, 0.29) is 24.7 Å². The molecule has 1 heterocycles. The van der Waals surface area contributed by atoms with E-state index >= 15 is 0 Å². The van der Waals surface area contributed by atoms with Crippen LogP contribution in [0.25, 0.3) is 0 Å². The molecule has 1 N–H and O–H groups in total. The third kappa shape index (κ3) is 6.71. The van der Waals surface area contributed by atoms with Crippen LogP contribution in [-0.4, -0.2) is 17.5 Å². The van der Waals surface area contributed by atoms with Gasteiger partial charge in [-0.25, -0.2) is 4.98 Å². The number of carbonyl (C=O) groups excluding carboxylic acids is 1. The first-order chi connectivity index (χ1) is 15.3. The van der Waals surface area contributed by atoms with Crippen molar-refractivity contribution < 1.29 is 22.7 Å². The van der Waals surface area contributed by atoms with Crippen LogP contribution in [0.4, 0.5) is 18.9 Å². The third-order valence-corrected chi connectivity index (χ3v) is 5.84. The molecule has 9 heteroatoms. The van der Waals surface area contributed by atoms with Crippen LogP contribution >= 0.6 is 22.9 Å². The highest BCUT2D eigenvalue weighted by atomic mass is 35.5. The molecule has 4 nitrogen and oxygen atoms in total. The first kappa shape index (κ1) is 24.1. The van der Waals surface area contributed by atoms with Crippen LogP contribution in [0, 0.1) is 0 Å². The van der Waals surface area contributed by atoms with Gasteiger partial charge >= 0.3 is 6.18 Å². The molecule has 1 amide bonds. The van der Waals surface area contributed by atoms with Crippen molar-refractivity contribution in [1.29, 1.82) is 0 Å². The fourth-order valence-electron chi connectivity index (χ4n) is 2.97. The summed E-state index contributed by atoms with van der Waals surface area (Å²) in [5.74, 6) is -0.512. The van der Waals surface area contributed by atoms with Crippen molar-refractivity contribution in [1.82, 2.24) is 4.98 Å². The van der Waals surface area contributed by atoms with Crippen molar-refractivity contribution >= 4 is 34.5 Å². The molecule has 0 aliphatic rings. The average molecular weight is 483 g/mol. The number of benzene rings is 2. The second-order valence-corrected chi connectivity index (χ2v) is 8.69. The Morgan fingerprint density at radius 2 is 1.91 bits per heavy atom. The molecule has 3 rings (SSSR count). The Hall–Kier alpha value is -2.58. The normalized spacial score (nSPS) is 11.4. The second-order valence-electron chi connectivity index (χ2n) is 7.14. The van der Waals surface area contributed by atoms with Gasteiger partial charge in [0.1, 0.15) is 10.6 Å². The van der Waals surface area contributed by atoms with Crippen molar-refractivity contribution in [2.24, 2.45) is 0 Å². The van der Waals surface area contributed by atoms with Gasteiger partial charge in [0.05, 0.1) is 23.4 Å². The summed E-state index contributed by atoms with van der Waals surface area (Å²) >= 11 is 6.97. The molecule has 32 heavy (non-hydrogen) atoms. The molecule has 1 aromatic heterocycles. The molecule has 0 radical (unpaired) electrons. The van der Waals surface area contributed by atoms with E-state index in [0.29, 0.717) is 32.6 Å². The van der Waals surface area contributed by atoms with Crippen molar-refractivity contribution in [3.05, 3.63) is 74.7 Å². The predicted molar refractivity (Wildman–Crippen MR) is 121 cm³/mol. The number of thiazole rings is 1. The molecule has 0 saturated carbocycles. The first-order valence-corrected chi connectivity index (χ1v) is 11.3. The van der Waals surface area contributed by atoms with Crippen LogP contribution in [-0.2, 0) is 12.6 Å². The van der Waals surface area contributed by atoms with Gasteiger partial charge in [-0.1, -0.05) is 37.4 Å². The number of rotatable bonds is 9. The number of hydrogen-bond donors (Lipinski definition) is 1. The number of nitrogens with one attached hydrogen (secondary N) is 1. The van der Waals surface area contributed by atoms with Gasteiger partial charge in [0.25, 0.3) is 5.91 Å². The van der Waals surface area contributed by atoms with Gasteiger partial charge in [-0.3, -0.25) is 4.79 Å². The summed E-state index contributed by atoms with van der Waals surface area (Å²) in [5, 5.41) is 3.83. The summed E-state index contributed by atoms with van der Waals surface area (Å²) in [4.78, 5) is 17.0. The SMILES string of the molecule is CCCCCOc1ccc(Cc2ncc(C(=O)Nc3ccc(Cl)cc3)s2)cc1C(F)(F)F. The highest BCUT2D eigenvalue weighted by Gasteiger charge is 2.34. The lowest BCUT2D eigenvalue weighted by Gasteiger charge is -2.15. The van der Waals surface area contributed by atoms with Crippen molar-refractivity contribution in [2.75, 3.05) is 11.9 Å². The Morgan fingerprint density at radius 3 is 2.59 bits per heavy atom. The number of carbonyl (C=O) groups is 1.